The number of benzene rings is 2. The van der Waals surface area contributed by atoms with E-state index >= 15 is 0 Å². The first-order valence-corrected chi connectivity index (χ1v) is 7.46. The minimum Gasteiger partial charge on any atom is -0.298 e. The van der Waals surface area contributed by atoms with Crippen molar-refractivity contribution in [3.63, 3.8) is 0 Å². The molecule has 2 rings (SSSR count). The fraction of sp³-hybridized carbons (Fsp3) is 0.200. The van der Waals surface area contributed by atoms with Gasteiger partial charge < -0.3 is 0 Å². The molecule has 0 amide bonds. The van der Waals surface area contributed by atoms with E-state index in [9.17, 15) is 0 Å². The summed E-state index contributed by atoms with van der Waals surface area (Å²) in [7, 11) is 2.08. The van der Waals surface area contributed by atoms with Gasteiger partial charge in [0, 0.05) is 27.6 Å². The molecule has 0 fully saturated rings. The second-order valence-electron chi connectivity index (χ2n) is 4.53. The average Bonchev–Trinajstić information content (AvgIpc) is 2.36. The fourth-order valence-electron chi connectivity index (χ4n) is 1.90. The molecule has 0 N–H and O–H groups in total. The summed E-state index contributed by atoms with van der Waals surface area (Å²) < 4.78 is 1.00. The van der Waals surface area contributed by atoms with Crippen LogP contribution < -0.4 is 0 Å². The van der Waals surface area contributed by atoms with E-state index in [1.165, 1.54) is 5.56 Å². The van der Waals surface area contributed by atoms with E-state index in [0.717, 1.165) is 33.2 Å². The van der Waals surface area contributed by atoms with Crippen molar-refractivity contribution in [3.8, 4) is 0 Å². The summed E-state index contributed by atoms with van der Waals surface area (Å²) in [6.45, 7) is 1.68. The lowest BCUT2D eigenvalue weighted by atomic mass is 10.2. The molecule has 2 aromatic carbocycles. The Morgan fingerprint density at radius 3 is 2.32 bits per heavy atom. The van der Waals surface area contributed by atoms with Crippen molar-refractivity contribution < 1.29 is 0 Å². The largest absolute Gasteiger partial charge is 0.298 e. The Balaban J connectivity index is 2.01. The van der Waals surface area contributed by atoms with Gasteiger partial charge in [-0.1, -0.05) is 57.3 Å². The summed E-state index contributed by atoms with van der Waals surface area (Å²) in [6.07, 6.45) is 0. The summed E-state index contributed by atoms with van der Waals surface area (Å²) in [6, 6.07) is 13.9. The number of rotatable bonds is 4. The predicted octanol–water partition coefficient (Wildman–Crippen LogP) is 5.39. The highest BCUT2D eigenvalue weighted by Gasteiger charge is 2.06. The van der Waals surface area contributed by atoms with E-state index in [1.54, 1.807) is 0 Å². The van der Waals surface area contributed by atoms with Crippen LogP contribution in [0.4, 0.5) is 0 Å². The Morgan fingerprint density at radius 2 is 1.68 bits per heavy atom. The van der Waals surface area contributed by atoms with Crippen molar-refractivity contribution in [3.05, 3.63) is 68.1 Å². The molecule has 0 aromatic heterocycles. The molecule has 0 radical (unpaired) electrons. The summed E-state index contributed by atoms with van der Waals surface area (Å²) in [5.41, 5.74) is 2.36. The minimum absolute atomic E-state index is 0.766. The molecule has 0 unspecified atom stereocenters. The molecule has 0 heterocycles. The second kappa shape index (κ2) is 6.76. The highest BCUT2D eigenvalue weighted by atomic mass is 79.9. The van der Waals surface area contributed by atoms with Crippen molar-refractivity contribution in [2.75, 3.05) is 7.05 Å². The van der Waals surface area contributed by atoms with Crippen molar-refractivity contribution in [1.29, 1.82) is 0 Å². The summed E-state index contributed by atoms with van der Waals surface area (Å²) in [4.78, 5) is 2.22. The standard InChI is InChI=1S/C15H14BrCl2N/c1-19(9-11-2-6-14(17)7-3-11)10-12-4-5-13(16)8-15(12)18/h2-8H,9-10H2,1H3. The van der Waals surface area contributed by atoms with Gasteiger partial charge in [-0.3, -0.25) is 4.90 Å². The van der Waals surface area contributed by atoms with Gasteiger partial charge in [0.1, 0.15) is 0 Å². The van der Waals surface area contributed by atoms with Gasteiger partial charge in [0.05, 0.1) is 0 Å². The normalized spacial score (nSPS) is 11.0. The minimum atomic E-state index is 0.766. The zero-order valence-electron chi connectivity index (χ0n) is 10.5. The zero-order valence-corrected chi connectivity index (χ0v) is 13.6. The number of hydrogen-bond acceptors (Lipinski definition) is 1. The van der Waals surface area contributed by atoms with Crippen molar-refractivity contribution in [2.24, 2.45) is 0 Å². The molecule has 2 aromatic rings. The molecule has 0 saturated heterocycles. The lowest BCUT2D eigenvalue weighted by Crippen LogP contribution is -2.17. The molecule has 0 spiro atoms. The molecular formula is C15H14BrCl2N. The number of halogens is 3. The Morgan fingerprint density at radius 1 is 1.00 bits per heavy atom. The van der Waals surface area contributed by atoms with Crippen LogP contribution in [0.15, 0.2) is 46.9 Å². The van der Waals surface area contributed by atoms with Crippen LogP contribution in [-0.2, 0) is 13.1 Å². The lowest BCUT2D eigenvalue weighted by molar-refractivity contribution is 0.319. The van der Waals surface area contributed by atoms with E-state index in [1.807, 2.05) is 42.5 Å². The summed E-state index contributed by atoms with van der Waals surface area (Å²) in [5.74, 6) is 0. The molecule has 0 bridgehead atoms. The van der Waals surface area contributed by atoms with Crippen LogP contribution in [0, 0.1) is 0 Å². The third-order valence-electron chi connectivity index (χ3n) is 2.82. The first-order valence-electron chi connectivity index (χ1n) is 5.91. The Labute approximate surface area is 132 Å². The highest BCUT2D eigenvalue weighted by molar-refractivity contribution is 9.10. The highest BCUT2D eigenvalue weighted by Crippen LogP contribution is 2.23. The molecule has 0 saturated carbocycles. The van der Waals surface area contributed by atoms with Crippen LogP contribution in [0.25, 0.3) is 0 Å². The lowest BCUT2D eigenvalue weighted by Gasteiger charge is -2.17. The quantitative estimate of drug-likeness (QED) is 0.708. The first kappa shape index (κ1) is 14.9. The number of nitrogens with zero attached hydrogens (tertiary/aromatic N) is 1. The third kappa shape index (κ3) is 4.50. The average molecular weight is 359 g/mol. The Bertz CT molecular complexity index is 555. The second-order valence-corrected chi connectivity index (χ2v) is 6.29. The van der Waals surface area contributed by atoms with E-state index in [2.05, 4.69) is 27.9 Å². The number of hydrogen-bond donors (Lipinski definition) is 0. The monoisotopic (exact) mass is 357 g/mol. The van der Waals surface area contributed by atoms with Crippen LogP contribution in [0.3, 0.4) is 0 Å². The van der Waals surface area contributed by atoms with E-state index in [4.69, 9.17) is 23.2 Å². The van der Waals surface area contributed by atoms with Crippen LogP contribution >= 0.6 is 39.1 Å². The molecule has 100 valence electrons. The van der Waals surface area contributed by atoms with E-state index in [0.29, 0.717) is 0 Å². The van der Waals surface area contributed by atoms with Crippen LogP contribution in [0.1, 0.15) is 11.1 Å². The molecule has 0 atom stereocenters. The zero-order chi connectivity index (χ0) is 13.8. The van der Waals surface area contributed by atoms with Gasteiger partial charge >= 0.3 is 0 Å². The van der Waals surface area contributed by atoms with Gasteiger partial charge in [0.25, 0.3) is 0 Å². The van der Waals surface area contributed by atoms with Gasteiger partial charge in [-0.15, -0.1) is 0 Å². The van der Waals surface area contributed by atoms with Crippen LogP contribution in [0.5, 0.6) is 0 Å². The fourth-order valence-corrected chi connectivity index (χ4v) is 2.76. The maximum absolute atomic E-state index is 6.22. The van der Waals surface area contributed by atoms with Gasteiger partial charge in [-0.05, 0) is 42.4 Å². The Hall–Kier alpha value is -0.540. The molecule has 0 aliphatic rings. The predicted molar refractivity (Wildman–Crippen MR) is 85.8 cm³/mol. The van der Waals surface area contributed by atoms with Crippen molar-refractivity contribution >= 4 is 39.1 Å². The van der Waals surface area contributed by atoms with Gasteiger partial charge in [-0.25, -0.2) is 0 Å². The third-order valence-corrected chi connectivity index (χ3v) is 3.92. The van der Waals surface area contributed by atoms with E-state index < -0.39 is 0 Å². The molecule has 0 aliphatic carbocycles. The van der Waals surface area contributed by atoms with Gasteiger partial charge in [0.15, 0.2) is 0 Å². The van der Waals surface area contributed by atoms with Crippen LogP contribution in [0.2, 0.25) is 10.0 Å². The van der Waals surface area contributed by atoms with Crippen molar-refractivity contribution in [1.82, 2.24) is 4.90 Å². The summed E-state index contributed by atoms with van der Waals surface area (Å²) in [5, 5.41) is 1.56. The summed E-state index contributed by atoms with van der Waals surface area (Å²) >= 11 is 15.5. The topological polar surface area (TPSA) is 3.24 Å². The van der Waals surface area contributed by atoms with Crippen LogP contribution in [-0.4, -0.2) is 11.9 Å². The Kier molecular flexibility index (Phi) is 5.28. The van der Waals surface area contributed by atoms with Gasteiger partial charge in [-0.2, -0.15) is 0 Å². The molecular weight excluding hydrogens is 345 g/mol. The maximum atomic E-state index is 6.22. The SMILES string of the molecule is CN(Cc1ccc(Cl)cc1)Cc1ccc(Br)cc1Cl. The smallest absolute Gasteiger partial charge is 0.0462 e. The van der Waals surface area contributed by atoms with E-state index in [-0.39, 0.29) is 0 Å². The molecule has 1 nitrogen and oxygen atoms in total. The van der Waals surface area contributed by atoms with Gasteiger partial charge in [0.2, 0.25) is 0 Å². The molecule has 19 heavy (non-hydrogen) atoms. The molecule has 4 heteroatoms. The maximum Gasteiger partial charge on any atom is 0.0462 e. The first-order chi connectivity index (χ1) is 9.04. The van der Waals surface area contributed by atoms with Crippen molar-refractivity contribution in [2.45, 2.75) is 13.1 Å². The molecule has 0 aliphatic heterocycles.